The molecular weight excluding hydrogens is 180 g/mol. The normalized spacial score (nSPS) is 10.8. The van der Waals surface area contributed by atoms with Gasteiger partial charge in [0.1, 0.15) is 5.82 Å². The van der Waals surface area contributed by atoms with Crippen molar-refractivity contribution >= 4 is 11.5 Å². The van der Waals surface area contributed by atoms with Crippen LogP contribution < -0.4 is 11.5 Å². The number of nitrogen functional groups attached to an aromatic ring is 2. The molecule has 0 aliphatic heterocycles. The van der Waals surface area contributed by atoms with Crippen molar-refractivity contribution in [3.8, 4) is 0 Å². The lowest BCUT2D eigenvalue weighted by Gasteiger charge is -2.08. The molecule has 0 saturated heterocycles. The third kappa shape index (κ3) is 1.83. The van der Waals surface area contributed by atoms with Gasteiger partial charge in [-0.15, -0.1) is 0 Å². The highest BCUT2D eigenvalue weighted by Crippen LogP contribution is 2.26. The van der Waals surface area contributed by atoms with E-state index in [0.717, 1.165) is 6.07 Å². The van der Waals surface area contributed by atoms with Crippen LogP contribution in [-0.4, -0.2) is 10.1 Å². The quantitative estimate of drug-likeness (QED) is 0.638. The van der Waals surface area contributed by atoms with Gasteiger partial charge in [0.15, 0.2) is 0 Å². The first-order chi connectivity index (χ1) is 6.06. The maximum absolute atomic E-state index is 12.3. The fourth-order valence-corrected chi connectivity index (χ4v) is 0.915. The summed E-state index contributed by atoms with van der Waals surface area (Å²) in [6.07, 6.45) is -2.71. The zero-order valence-corrected chi connectivity index (χ0v) is 6.67. The van der Waals surface area contributed by atoms with Gasteiger partial charge in [-0.3, -0.25) is 0 Å². The minimum absolute atomic E-state index is 0.00694. The molecule has 0 aromatic carbocycles. The predicted molar refractivity (Wildman–Crippen MR) is 43.9 cm³/mol. The van der Waals surface area contributed by atoms with E-state index in [-0.39, 0.29) is 22.8 Å². The number of hydrogen-bond acceptors (Lipinski definition) is 4. The van der Waals surface area contributed by atoms with Gasteiger partial charge in [-0.25, -0.2) is 13.8 Å². The Bertz CT molecular complexity index is 317. The Morgan fingerprint density at radius 2 is 2.08 bits per heavy atom. The van der Waals surface area contributed by atoms with Crippen LogP contribution in [0.25, 0.3) is 0 Å². The van der Waals surface area contributed by atoms with Crippen LogP contribution in [0.15, 0.2) is 6.07 Å². The summed E-state index contributed by atoms with van der Waals surface area (Å²) < 4.78 is 24.6. The first kappa shape index (κ1) is 9.66. The average Bonchev–Trinajstić information content (AvgIpc) is 2.08. The summed E-state index contributed by atoms with van der Waals surface area (Å²) in [6, 6.07) is 1.03. The van der Waals surface area contributed by atoms with Crippen LogP contribution >= 0.6 is 0 Å². The van der Waals surface area contributed by atoms with E-state index in [4.69, 9.17) is 16.6 Å². The molecule has 6 heteroatoms. The number of nitrogens with two attached hydrogens (primary N) is 2. The molecule has 5 N–H and O–H groups in total. The molecule has 1 rings (SSSR count). The van der Waals surface area contributed by atoms with Crippen molar-refractivity contribution in [3.63, 3.8) is 0 Å². The van der Waals surface area contributed by atoms with Gasteiger partial charge in [0, 0.05) is 5.56 Å². The number of aliphatic hydroxyl groups is 1. The molecule has 0 spiro atoms. The fourth-order valence-electron chi connectivity index (χ4n) is 0.915. The maximum Gasteiger partial charge on any atom is 0.265 e. The number of pyridine rings is 1. The third-order valence-corrected chi connectivity index (χ3v) is 1.58. The van der Waals surface area contributed by atoms with E-state index in [1.54, 1.807) is 0 Å². The zero-order valence-electron chi connectivity index (χ0n) is 6.67. The molecule has 0 atom stereocenters. The van der Waals surface area contributed by atoms with Crippen molar-refractivity contribution in [2.45, 2.75) is 13.0 Å². The van der Waals surface area contributed by atoms with Gasteiger partial charge in [0.2, 0.25) is 0 Å². The largest absolute Gasteiger partial charge is 0.396 e. The van der Waals surface area contributed by atoms with E-state index >= 15 is 0 Å². The number of halogens is 2. The number of alkyl halides is 2. The monoisotopic (exact) mass is 189 g/mol. The molecule has 13 heavy (non-hydrogen) atoms. The highest BCUT2D eigenvalue weighted by Gasteiger charge is 2.15. The van der Waals surface area contributed by atoms with E-state index in [2.05, 4.69) is 4.98 Å². The van der Waals surface area contributed by atoms with Crippen LogP contribution in [-0.2, 0) is 6.61 Å². The molecule has 1 heterocycles. The van der Waals surface area contributed by atoms with Crippen LogP contribution in [0.5, 0.6) is 0 Å². The van der Waals surface area contributed by atoms with Crippen LogP contribution in [0, 0.1) is 0 Å². The average molecular weight is 189 g/mol. The topological polar surface area (TPSA) is 85.2 Å². The van der Waals surface area contributed by atoms with E-state index < -0.39 is 13.0 Å². The van der Waals surface area contributed by atoms with Gasteiger partial charge in [-0.05, 0) is 6.07 Å². The molecule has 0 fully saturated rings. The minimum Gasteiger partial charge on any atom is -0.396 e. The lowest BCUT2D eigenvalue weighted by atomic mass is 10.2. The number of nitrogens with zero attached hydrogens (tertiary/aromatic N) is 1. The van der Waals surface area contributed by atoms with Crippen molar-refractivity contribution < 1.29 is 13.9 Å². The predicted octanol–water partition coefficient (Wildman–Crippen LogP) is 0.676. The first-order valence-electron chi connectivity index (χ1n) is 3.50. The highest BCUT2D eigenvalue weighted by atomic mass is 19.3. The second-order valence-electron chi connectivity index (χ2n) is 2.46. The smallest absolute Gasteiger partial charge is 0.265 e. The minimum atomic E-state index is -2.71. The number of aromatic nitrogens is 1. The molecule has 0 unspecified atom stereocenters. The summed E-state index contributed by atoms with van der Waals surface area (Å²) >= 11 is 0. The summed E-state index contributed by atoms with van der Waals surface area (Å²) in [7, 11) is 0. The Morgan fingerprint density at radius 1 is 1.46 bits per heavy atom. The van der Waals surface area contributed by atoms with Gasteiger partial charge in [0.05, 0.1) is 18.0 Å². The Balaban J connectivity index is 3.25. The molecule has 0 saturated carbocycles. The Hall–Kier alpha value is -1.43. The summed E-state index contributed by atoms with van der Waals surface area (Å²) in [4.78, 5) is 3.54. The molecule has 1 aromatic heterocycles. The van der Waals surface area contributed by atoms with Gasteiger partial charge in [0.25, 0.3) is 6.43 Å². The lowest BCUT2D eigenvalue weighted by molar-refractivity contribution is 0.146. The summed E-state index contributed by atoms with van der Waals surface area (Å²) in [5, 5.41) is 8.69. The summed E-state index contributed by atoms with van der Waals surface area (Å²) in [5.74, 6) is -0.0477. The summed E-state index contributed by atoms with van der Waals surface area (Å²) in [5.41, 5.74) is 10.0. The molecule has 1 aromatic rings. The van der Waals surface area contributed by atoms with Gasteiger partial charge < -0.3 is 16.6 Å². The van der Waals surface area contributed by atoms with Gasteiger partial charge in [-0.2, -0.15) is 0 Å². The second-order valence-corrected chi connectivity index (χ2v) is 2.46. The van der Waals surface area contributed by atoms with Crippen LogP contribution in [0.3, 0.4) is 0 Å². The summed E-state index contributed by atoms with van der Waals surface area (Å²) in [6.45, 7) is -0.579. The van der Waals surface area contributed by atoms with Crippen molar-refractivity contribution in [3.05, 3.63) is 17.3 Å². The molecule has 4 nitrogen and oxygen atoms in total. The third-order valence-electron chi connectivity index (χ3n) is 1.58. The van der Waals surface area contributed by atoms with E-state index in [1.165, 1.54) is 0 Å². The fraction of sp³-hybridized carbons (Fsp3) is 0.286. The number of aliphatic hydroxyl groups excluding tert-OH is 1. The van der Waals surface area contributed by atoms with Crippen LogP contribution in [0.4, 0.5) is 20.3 Å². The zero-order chi connectivity index (χ0) is 10.0. The molecular formula is C7H9F2N3O. The lowest BCUT2D eigenvalue weighted by Crippen LogP contribution is -2.05. The maximum atomic E-state index is 12.3. The van der Waals surface area contributed by atoms with E-state index in [0.29, 0.717) is 0 Å². The Kier molecular flexibility index (Phi) is 2.62. The second kappa shape index (κ2) is 3.53. The molecule has 0 radical (unpaired) electrons. The van der Waals surface area contributed by atoms with Crippen LogP contribution in [0.2, 0.25) is 0 Å². The van der Waals surface area contributed by atoms with Crippen molar-refractivity contribution in [2.75, 3.05) is 11.5 Å². The first-order valence-corrected chi connectivity index (χ1v) is 3.50. The number of hydrogen-bond donors (Lipinski definition) is 3. The number of rotatable bonds is 2. The van der Waals surface area contributed by atoms with E-state index in [9.17, 15) is 8.78 Å². The Labute approximate surface area is 73.2 Å². The van der Waals surface area contributed by atoms with Crippen LogP contribution in [0.1, 0.15) is 17.7 Å². The molecule has 0 aliphatic carbocycles. The SMILES string of the molecule is Nc1cc(C(F)F)c(CO)nc1N. The van der Waals surface area contributed by atoms with Crippen molar-refractivity contribution in [1.82, 2.24) is 4.98 Å². The van der Waals surface area contributed by atoms with Crippen molar-refractivity contribution in [2.24, 2.45) is 0 Å². The van der Waals surface area contributed by atoms with Crippen molar-refractivity contribution in [1.29, 1.82) is 0 Å². The standard InChI is InChI=1S/C7H9F2N3O/c8-6(9)3-1-4(10)7(11)12-5(3)2-13/h1,6,13H,2,10H2,(H2,11,12). The number of anilines is 2. The molecule has 72 valence electrons. The molecule has 0 aliphatic rings. The van der Waals surface area contributed by atoms with Gasteiger partial charge >= 0.3 is 0 Å². The molecule has 0 bridgehead atoms. The Morgan fingerprint density at radius 3 is 2.54 bits per heavy atom. The van der Waals surface area contributed by atoms with Gasteiger partial charge in [-0.1, -0.05) is 0 Å². The molecule has 0 amide bonds. The van der Waals surface area contributed by atoms with E-state index in [1.807, 2.05) is 0 Å². The highest BCUT2D eigenvalue weighted by molar-refractivity contribution is 5.60.